The topological polar surface area (TPSA) is 47.0 Å². The Balaban J connectivity index is 2.70. The number of hydrogen-bond donors (Lipinski definition) is 1. The summed E-state index contributed by atoms with van der Waals surface area (Å²) in [6.45, 7) is 6.80. The number of aryl methyl sites for hydroxylation is 1. The Labute approximate surface area is 101 Å². The molecule has 0 saturated heterocycles. The first kappa shape index (κ1) is 13.0. The second-order valence-electron chi connectivity index (χ2n) is 4.53. The van der Waals surface area contributed by atoms with Gasteiger partial charge < -0.3 is 10.1 Å². The summed E-state index contributed by atoms with van der Waals surface area (Å²) in [5.41, 5.74) is 0.889. The van der Waals surface area contributed by atoms with E-state index >= 15 is 0 Å². The van der Waals surface area contributed by atoms with Crippen LogP contribution in [0.15, 0.2) is 6.07 Å². The van der Waals surface area contributed by atoms with Gasteiger partial charge in [0, 0.05) is 24.2 Å². The third-order valence-electron chi connectivity index (χ3n) is 2.13. The van der Waals surface area contributed by atoms with Gasteiger partial charge in [0.2, 0.25) is 11.8 Å². The molecule has 0 fully saturated rings. The standard InChI is InChI=1S/C11H18ClN3O/c1-8-5-9(16-4)15-10(14-8)13-7-11(2,3)6-12/h5H,6-7H2,1-4H3,(H,13,14,15). The van der Waals surface area contributed by atoms with Gasteiger partial charge in [0.15, 0.2) is 0 Å². The Kier molecular flexibility index (Phi) is 4.35. The summed E-state index contributed by atoms with van der Waals surface area (Å²) in [5, 5.41) is 3.16. The van der Waals surface area contributed by atoms with Crippen LogP contribution in [0.1, 0.15) is 19.5 Å². The molecule has 0 aromatic carbocycles. The minimum absolute atomic E-state index is 0.0158. The third kappa shape index (κ3) is 3.85. The van der Waals surface area contributed by atoms with Crippen molar-refractivity contribution in [2.24, 2.45) is 5.41 Å². The molecule has 0 amide bonds. The Morgan fingerprint density at radius 1 is 1.44 bits per heavy atom. The van der Waals surface area contributed by atoms with Crippen LogP contribution in [0, 0.1) is 12.3 Å². The Hall–Kier alpha value is -1.03. The second-order valence-corrected chi connectivity index (χ2v) is 4.79. The molecule has 1 rings (SSSR count). The first-order chi connectivity index (χ1) is 7.46. The van der Waals surface area contributed by atoms with Crippen LogP contribution in [0.5, 0.6) is 5.88 Å². The molecule has 0 atom stereocenters. The molecule has 1 aromatic rings. The number of hydrogen-bond acceptors (Lipinski definition) is 4. The zero-order valence-corrected chi connectivity index (χ0v) is 10.9. The van der Waals surface area contributed by atoms with Gasteiger partial charge in [0.25, 0.3) is 0 Å². The number of ether oxygens (including phenoxy) is 1. The highest BCUT2D eigenvalue weighted by atomic mass is 35.5. The molecule has 4 nitrogen and oxygen atoms in total. The predicted octanol–water partition coefficient (Wildman–Crippen LogP) is 2.47. The molecule has 5 heteroatoms. The fourth-order valence-electron chi connectivity index (χ4n) is 1.09. The number of methoxy groups -OCH3 is 1. The molecular weight excluding hydrogens is 226 g/mol. The maximum atomic E-state index is 5.84. The Morgan fingerprint density at radius 3 is 2.69 bits per heavy atom. The number of aromatic nitrogens is 2. The molecular formula is C11H18ClN3O. The third-order valence-corrected chi connectivity index (χ3v) is 2.85. The summed E-state index contributed by atoms with van der Waals surface area (Å²) in [5.74, 6) is 1.73. The lowest BCUT2D eigenvalue weighted by Gasteiger charge is -2.21. The van der Waals surface area contributed by atoms with E-state index in [0.29, 0.717) is 17.7 Å². The lowest BCUT2D eigenvalue weighted by Crippen LogP contribution is -2.25. The molecule has 0 unspecified atom stereocenters. The number of alkyl halides is 1. The Morgan fingerprint density at radius 2 is 2.12 bits per heavy atom. The number of nitrogens with zero attached hydrogens (tertiary/aromatic N) is 2. The molecule has 16 heavy (non-hydrogen) atoms. The maximum absolute atomic E-state index is 5.84. The van der Waals surface area contributed by atoms with Crippen molar-refractivity contribution < 1.29 is 4.74 Å². The van der Waals surface area contributed by atoms with E-state index < -0.39 is 0 Å². The monoisotopic (exact) mass is 243 g/mol. The SMILES string of the molecule is COc1cc(C)nc(NCC(C)(C)CCl)n1. The summed E-state index contributed by atoms with van der Waals surface area (Å²) < 4.78 is 5.08. The molecule has 1 heterocycles. The molecule has 0 spiro atoms. The van der Waals surface area contributed by atoms with Gasteiger partial charge in [-0.2, -0.15) is 4.98 Å². The quantitative estimate of drug-likeness (QED) is 0.808. The highest BCUT2D eigenvalue weighted by Crippen LogP contribution is 2.18. The fraction of sp³-hybridized carbons (Fsp3) is 0.636. The van der Waals surface area contributed by atoms with Gasteiger partial charge >= 0.3 is 0 Å². The largest absolute Gasteiger partial charge is 0.481 e. The summed E-state index contributed by atoms with van der Waals surface area (Å²) in [4.78, 5) is 8.48. The van der Waals surface area contributed by atoms with Crippen LogP contribution in [-0.2, 0) is 0 Å². The van der Waals surface area contributed by atoms with Crippen LogP contribution in [0.3, 0.4) is 0 Å². The van der Waals surface area contributed by atoms with E-state index in [2.05, 4.69) is 29.1 Å². The van der Waals surface area contributed by atoms with Crippen LogP contribution < -0.4 is 10.1 Å². The van der Waals surface area contributed by atoms with Crippen LogP contribution in [0.2, 0.25) is 0 Å². The van der Waals surface area contributed by atoms with Crippen molar-refractivity contribution >= 4 is 17.5 Å². The van der Waals surface area contributed by atoms with Crippen LogP contribution >= 0.6 is 11.6 Å². The second kappa shape index (κ2) is 5.34. The van der Waals surface area contributed by atoms with Crippen molar-refractivity contribution in [1.82, 2.24) is 9.97 Å². The maximum Gasteiger partial charge on any atom is 0.226 e. The first-order valence-corrected chi connectivity index (χ1v) is 5.70. The number of anilines is 1. The number of nitrogens with one attached hydrogen (secondary N) is 1. The van der Waals surface area contributed by atoms with E-state index in [9.17, 15) is 0 Å². The average Bonchev–Trinajstić information content (AvgIpc) is 2.26. The molecule has 1 aromatic heterocycles. The number of rotatable bonds is 5. The van der Waals surface area contributed by atoms with Crippen molar-refractivity contribution in [3.05, 3.63) is 11.8 Å². The first-order valence-electron chi connectivity index (χ1n) is 5.16. The summed E-state index contributed by atoms with van der Waals surface area (Å²) >= 11 is 5.84. The van der Waals surface area contributed by atoms with E-state index in [-0.39, 0.29) is 5.41 Å². The minimum Gasteiger partial charge on any atom is -0.481 e. The van der Waals surface area contributed by atoms with Gasteiger partial charge in [0.05, 0.1) is 7.11 Å². The summed E-state index contributed by atoms with van der Waals surface area (Å²) in [6.07, 6.45) is 0. The smallest absolute Gasteiger partial charge is 0.226 e. The summed E-state index contributed by atoms with van der Waals surface area (Å²) in [6, 6.07) is 1.79. The molecule has 1 N–H and O–H groups in total. The van der Waals surface area contributed by atoms with Gasteiger partial charge in [-0.3, -0.25) is 0 Å². The molecule has 0 aliphatic carbocycles. The van der Waals surface area contributed by atoms with Gasteiger partial charge in [-0.25, -0.2) is 4.98 Å². The average molecular weight is 244 g/mol. The van der Waals surface area contributed by atoms with Crippen LogP contribution in [-0.4, -0.2) is 29.5 Å². The molecule has 90 valence electrons. The fourth-order valence-corrected chi connectivity index (χ4v) is 1.18. The molecule has 0 saturated carbocycles. The Bertz CT molecular complexity index is 355. The van der Waals surface area contributed by atoms with E-state index in [1.165, 1.54) is 0 Å². The van der Waals surface area contributed by atoms with E-state index in [4.69, 9.17) is 16.3 Å². The number of halogens is 1. The summed E-state index contributed by atoms with van der Waals surface area (Å²) in [7, 11) is 1.59. The van der Waals surface area contributed by atoms with E-state index in [1.54, 1.807) is 13.2 Å². The predicted molar refractivity (Wildman–Crippen MR) is 66.3 cm³/mol. The van der Waals surface area contributed by atoms with E-state index in [0.717, 1.165) is 12.2 Å². The van der Waals surface area contributed by atoms with Gasteiger partial charge in [-0.1, -0.05) is 13.8 Å². The normalized spacial score (nSPS) is 11.3. The molecule has 0 radical (unpaired) electrons. The minimum atomic E-state index is 0.0158. The van der Waals surface area contributed by atoms with Crippen molar-refractivity contribution in [1.29, 1.82) is 0 Å². The zero-order chi connectivity index (χ0) is 12.2. The lowest BCUT2D eigenvalue weighted by atomic mass is 9.97. The van der Waals surface area contributed by atoms with Crippen molar-refractivity contribution in [2.45, 2.75) is 20.8 Å². The van der Waals surface area contributed by atoms with Crippen molar-refractivity contribution in [2.75, 3.05) is 24.9 Å². The lowest BCUT2D eigenvalue weighted by molar-refractivity contribution is 0.396. The van der Waals surface area contributed by atoms with Gasteiger partial charge in [-0.15, -0.1) is 11.6 Å². The highest BCUT2D eigenvalue weighted by Gasteiger charge is 2.16. The van der Waals surface area contributed by atoms with E-state index in [1.807, 2.05) is 6.92 Å². The zero-order valence-electron chi connectivity index (χ0n) is 10.2. The van der Waals surface area contributed by atoms with Crippen molar-refractivity contribution in [3.8, 4) is 5.88 Å². The molecule has 0 aliphatic heterocycles. The van der Waals surface area contributed by atoms with Crippen LogP contribution in [0.4, 0.5) is 5.95 Å². The van der Waals surface area contributed by atoms with Gasteiger partial charge in [-0.05, 0) is 12.3 Å². The van der Waals surface area contributed by atoms with Crippen molar-refractivity contribution in [3.63, 3.8) is 0 Å². The van der Waals surface area contributed by atoms with Crippen LogP contribution in [0.25, 0.3) is 0 Å². The molecule has 0 aliphatic rings. The molecule has 0 bridgehead atoms. The highest BCUT2D eigenvalue weighted by molar-refractivity contribution is 6.18. The van der Waals surface area contributed by atoms with Gasteiger partial charge in [0.1, 0.15) is 0 Å².